The highest BCUT2D eigenvalue weighted by molar-refractivity contribution is 5.11. The van der Waals surface area contributed by atoms with Gasteiger partial charge in [0.25, 0.3) is 0 Å². The minimum Gasteiger partial charge on any atom is -0.383 e. The highest BCUT2D eigenvalue weighted by atomic mass is 16.3. The van der Waals surface area contributed by atoms with Gasteiger partial charge in [-0.15, -0.1) is 0 Å². The molecule has 2 rings (SSSR count). The van der Waals surface area contributed by atoms with Crippen molar-refractivity contribution in [2.45, 2.75) is 38.7 Å². The van der Waals surface area contributed by atoms with Crippen molar-refractivity contribution in [1.82, 2.24) is 9.97 Å². The summed E-state index contributed by atoms with van der Waals surface area (Å²) in [4.78, 5) is 8.29. The molecule has 3 heteroatoms. The maximum absolute atomic E-state index is 10.7. The van der Waals surface area contributed by atoms with Gasteiger partial charge in [-0.3, -0.25) is 9.97 Å². The van der Waals surface area contributed by atoms with Crippen molar-refractivity contribution in [3.05, 3.63) is 24.3 Å². The molecular weight excluding hydrogens is 188 g/mol. The smallest absolute Gasteiger partial charge is 0.111 e. The predicted octanol–water partition coefficient (Wildman–Crippen LogP) is 2.12. The van der Waals surface area contributed by atoms with Crippen molar-refractivity contribution in [2.24, 2.45) is 11.8 Å². The Morgan fingerprint density at radius 1 is 1.33 bits per heavy atom. The third-order valence-corrected chi connectivity index (χ3v) is 3.57. The molecule has 15 heavy (non-hydrogen) atoms. The molecule has 82 valence electrons. The SMILES string of the molecule is CC1CCC(C)C(O)(c2cnccn2)C1. The Bertz CT molecular complexity index is 328. The average Bonchev–Trinajstić information content (AvgIpc) is 2.25. The molecule has 3 atom stereocenters. The van der Waals surface area contributed by atoms with Gasteiger partial charge in [0.05, 0.1) is 11.9 Å². The molecule has 0 bridgehead atoms. The number of nitrogens with zero attached hydrogens (tertiary/aromatic N) is 2. The summed E-state index contributed by atoms with van der Waals surface area (Å²) < 4.78 is 0. The van der Waals surface area contributed by atoms with E-state index in [0.717, 1.165) is 18.5 Å². The number of hydrogen-bond donors (Lipinski definition) is 1. The minimum absolute atomic E-state index is 0.269. The van der Waals surface area contributed by atoms with Crippen LogP contribution in [0, 0.1) is 11.8 Å². The van der Waals surface area contributed by atoms with Gasteiger partial charge >= 0.3 is 0 Å². The Balaban J connectivity index is 2.31. The first-order valence-corrected chi connectivity index (χ1v) is 5.62. The Morgan fingerprint density at radius 2 is 2.13 bits per heavy atom. The number of aliphatic hydroxyl groups is 1. The van der Waals surface area contributed by atoms with Crippen LogP contribution in [0.2, 0.25) is 0 Å². The van der Waals surface area contributed by atoms with Crippen LogP contribution in [0.15, 0.2) is 18.6 Å². The molecule has 3 nitrogen and oxygen atoms in total. The van der Waals surface area contributed by atoms with E-state index in [1.54, 1.807) is 18.6 Å². The van der Waals surface area contributed by atoms with Gasteiger partial charge in [0.2, 0.25) is 0 Å². The van der Waals surface area contributed by atoms with Gasteiger partial charge in [-0.1, -0.05) is 20.3 Å². The average molecular weight is 206 g/mol. The summed E-state index contributed by atoms with van der Waals surface area (Å²) in [5.41, 5.74) is -0.0459. The molecule has 1 aromatic heterocycles. The Labute approximate surface area is 90.6 Å². The van der Waals surface area contributed by atoms with Crippen LogP contribution in [0.3, 0.4) is 0 Å². The van der Waals surface area contributed by atoms with Crippen molar-refractivity contribution in [3.63, 3.8) is 0 Å². The van der Waals surface area contributed by atoms with Gasteiger partial charge in [0.1, 0.15) is 5.60 Å². The lowest BCUT2D eigenvalue weighted by molar-refractivity contribution is -0.0664. The number of rotatable bonds is 1. The molecule has 0 radical (unpaired) electrons. The molecule has 1 N–H and O–H groups in total. The molecule has 0 saturated heterocycles. The van der Waals surface area contributed by atoms with Crippen LogP contribution in [-0.4, -0.2) is 15.1 Å². The van der Waals surface area contributed by atoms with Gasteiger partial charge in [-0.2, -0.15) is 0 Å². The van der Waals surface area contributed by atoms with E-state index in [-0.39, 0.29) is 5.92 Å². The van der Waals surface area contributed by atoms with E-state index >= 15 is 0 Å². The van der Waals surface area contributed by atoms with Crippen molar-refractivity contribution in [2.75, 3.05) is 0 Å². The summed E-state index contributed by atoms with van der Waals surface area (Å²) in [6.07, 6.45) is 8.04. The van der Waals surface area contributed by atoms with E-state index in [4.69, 9.17) is 0 Å². The zero-order valence-electron chi connectivity index (χ0n) is 9.35. The van der Waals surface area contributed by atoms with Crippen LogP contribution in [0.1, 0.15) is 38.8 Å². The van der Waals surface area contributed by atoms with Gasteiger partial charge in [0.15, 0.2) is 0 Å². The first-order chi connectivity index (χ1) is 7.13. The first-order valence-electron chi connectivity index (χ1n) is 5.62. The normalized spacial score (nSPS) is 36.5. The molecule has 0 amide bonds. The molecule has 0 spiro atoms. The zero-order chi connectivity index (χ0) is 10.9. The molecule has 1 heterocycles. The second-order valence-corrected chi connectivity index (χ2v) is 4.80. The highest BCUT2D eigenvalue weighted by Crippen LogP contribution is 2.42. The molecule has 1 aromatic rings. The highest BCUT2D eigenvalue weighted by Gasteiger charge is 2.41. The summed E-state index contributed by atoms with van der Waals surface area (Å²) in [6.45, 7) is 4.29. The monoisotopic (exact) mass is 206 g/mol. The summed E-state index contributed by atoms with van der Waals surface area (Å²) >= 11 is 0. The molecule has 1 fully saturated rings. The van der Waals surface area contributed by atoms with E-state index < -0.39 is 5.60 Å². The first kappa shape index (κ1) is 10.6. The van der Waals surface area contributed by atoms with Gasteiger partial charge in [0, 0.05) is 12.4 Å². The van der Waals surface area contributed by atoms with Crippen molar-refractivity contribution >= 4 is 0 Å². The predicted molar refractivity (Wildman–Crippen MR) is 58.1 cm³/mol. The fourth-order valence-electron chi connectivity index (χ4n) is 2.49. The van der Waals surface area contributed by atoms with Crippen LogP contribution in [-0.2, 0) is 5.60 Å². The van der Waals surface area contributed by atoms with Crippen molar-refractivity contribution in [3.8, 4) is 0 Å². The lowest BCUT2D eigenvalue weighted by Crippen LogP contribution is -2.39. The van der Waals surface area contributed by atoms with E-state index in [0.29, 0.717) is 5.92 Å². The molecular formula is C12H18N2O. The van der Waals surface area contributed by atoms with Gasteiger partial charge < -0.3 is 5.11 Å². The number of aromatic nitrogens is 2. The van der Waals surface area contributed by atoms with E-state index in [1.165, 1.54) is 6.42 Å². The maximum Gasteiger partial charge on any atom is 0.111 e. The van der Waals surface area contributed by atoms with Crippen LogP contribution in [0.5, 0.6) is 0 Å². The summed E-state index contributed by atoms with van der Waals surface area (Å²) in [5.74, 6) is 0.832. The molecule has 0 aromatic carbocycles. The molecule has 1 aliphatic carbocycles. The van der Waals surface area contributed by atoms with Gasteiger partial charge in [-0.05, 0) is 24.7 Å². The maximum atomic E-state index is 10.7. The van der Waals surface area contributed by atoms with E-state index in [1.807, 2.05) is 0 Å². The van der Waals surface area contributed by atoms with Crippen LogP contribution < -0.4 is 0 Å². The standard InChI is InChI=1S/C12H18N2O/c1-9-3-4-10(2)12(15,7-9)11-8-13-5-6-14-11/h5-6,8-10,15H,3-4,7H2,1-2H3. The number of hydrogen-bond acceptors (Lipinski definition) is 3. The van der Waals surface area contributed by atoms with E-state index in [2.05, 4.69) is 23.8 Å². The minimum atomic E-state index is -0.772. The Morgan fingerprint density at radius 3 is 2.80 bits per heavy atom. The van der Waals surface area contributed by atoms with E-state index in [9.17, 15) is 5.11 Å². The Kier molecular flexibility index (Phi) is 2.74. The Hall–Kier alpha value is -0.960. The molecule has 0 aliphatic heterocycles. The second-order valence-electron chi connectivity index (χ2n) is 4.80. The third kappa shape index (κ3) is 1.88. The fourth-order valence-corrected chi connectivity index (χ4v) is 2.49. The second kappa shape index (κ2) is 3.89. The molecule has 1 saturated carbocycles. The molecule has 1 aliphatic rings. The van der Waals surface area contributed by atoms with Crippen LogP contribution in [0.4, 0.5) is 0 Å². The zero-order valence-corrected chi connectivity index (χ0v) is 9.35. The summed E-state index contributed by atoms with van der Waals surface area (Å²) in [7, 11) is 0. The largest absolute Gasteiger partial charge is 0.383 e. The van der Waals surface area contributed by atoms with Crippen molar-refractivity contribution in [1.29, 1.82) is 0 Å². The molecule has 3 unspecified atom stereocenters. The fraction of sp³-hybridized carbons (Fsp3) is 0.667. The quantitative estimate of drug-likeness (QED) is 0.765. The third-order valence-electron chi connectivity index (χ3n) is 3.57. The summed E-state index contributed by atoms with van der Waals surface area (Å²) in [6, 6.07) is 0. The van der Waals surface area contributed by atoms with Gasteiger partial charge in [-0.25, -0.2) is 0 Å². The lowest BCUT2D eigenvalue weighted by atomic mass is 9.70. The van der Waals surface area contributed by atoms with Crippen molar-refractivity contribution < 1.29 is 5.11 Å². The van der Waals surface area contributed by atoms with Crippen LogP contribution in [0.25, 0.3) is 0 Å². The van der Waals surface area contributed by atoms with Crippen LogP contribution >= 0.6 is 0 Å². The summed E-state index contributed by atoms with van der Waals surface area (Å²) in [5, 5.41) is 10.7. The lowest BCUT2D eigenvalue weighted by Gasteiger charge is -2.40. The topological polar surface area (TPSA) is 46.0 Å².